The van der Waals surface area contributed by atoms with E-state index in [2.05, 4.69) is 24.3 Å². The number of aromatic nitrogens is 2. The van der Waals surface area contributed by atoms with E-state index in [1.165, 1.54) is 0 Å². The lowest BCUT2D eigenvalue weighted by Gasteiger charge is -2.22. The second-order valence-corrected chi connectivity index (χ2v) is 4.37. The summed E-state index contributed by atoms with van der Waals surface area (Å²) in [4.78, 5) is 2.01. The van der Waals surface area contributed by atoms with Gasteiger partial charge in [0, 0.05) is 38.4 Å². The zero-order valence-electron chi connectivity index (χ0n) is 9.69. The highest BCUT2D eigenvalue weighted by molar-refractivity contribution is 7.80. The molecule has 0 saturated carbocycles. The molecule has 4 nitrogen and oxygen atoms in total. The van der Waals surface area contributed by atoms with Crippen molar-refractivity contribution in [3.63, 3.8) is 0 Å². The van der Waals surface area contributed by atoms with Gasteiger partial charge in [-0.05, 0) is 26.1 Å². The van der Waals surface area contributed by atoms with Crippen LogP contribution in [0.15, 0.2) is 12.4 Å². The molecule has 0 unspecified atom stereocenters. The molecule has 0 aromatic carbocycles. The van der Waals surface area contributed by atoms with E-state index in [-0.39, 0.29) is 0 Å². The van der Waals surface area contributed by atoms with Crippen LogP contribution in [0.2, 0.25) is 0 Å². The Morgan fingerprint density at radius 2 is 2.33 bits per heavy atom. The molecular formula is C10H18N4S. The first-order valence-electron chi connectivity index (χ1n) is 4.98. The van der Waals surface area contributed by atoms with E-state index >= 15 is 0 Å². The summed E-state index contributed by atoms with van der Waals surface area (Å²) in [5.74, 6) is 0. The third-order valence-corrected chi connectivity index (χ3v) is 2.37. The summed E-state index contributed by atoms with van der Waals surface area (Å²) in [6, 6.07) is 0.369. The van der Waals surface area contributed by atoms with E-state index < -0.39 is 0 Å². The zero-order chi connectivity index (χ0) is 11.4. The summed E-state index contributed by atoms with van der Waals surface area (Å²) < 4.78 is 1.79. The van der Waals surface area contributed by atoms with Crippen molar-refractivity contribution in [2.24, 2.45) is 7.05 Å². The molecule has 1 aromatic heterocycles. The second kappa shape index (κ2) is 5.11. The van der Waals surface area contributed by atoms with Gasteiger partial charge in [0.1, 0.15) is 0 Å². The van der Waals surface area contributed by atoms with Crippen LogP contribution in [0.25, 0.3) is 0 Å². The monoisotopic (exact) mass is 226 g/mol. The average Bonchev–Trinajstić information content (AvgIpc) is 2.50. The van der Waals surface area contributed by atoms with Crippen LogP contribution in [0.5, 0.6) is 0 Å². The Balaban J connectivity index is 2.48. The van der Waals surface area contributed by atoms with Gasteiger partial charge in [-0.25, -0.2) is 0 Å². The summed E-state index contributed by atoms with van der Waals surface area (Å²) in [6.45, 7) is 4.93. The van der Waals surface area contributed by atoms with Crippen LogP contribution in [-0.2, 0) is 13.6 Å². The highest BCUT2D eigenvalue weighted by Crippen LogP contribution is 2.01. The molecule has 0 aliphatic heterocycles. The van der Waals surface area contributed by atoms with Gasteiger partial charge >= 0.3 is 0 Å². The number of nitrogens with zero attached hydrogens (tertiary/aromatic N) is 3. The number of rotatable bonds is 3. The summed E-state index contributed by atoms with van der Waals surface area (Å²) in [5.41, 5.74) is 1.16. The summed E-state index contributed by atoms with van der Waals surface area (Å²) in [7, 11) is 3.89. The van der Waals surface area contributed by atoms with Crippen LogP contribution < -0.4 is 5.32 Å². The van der Waals surface area contributed by atoms with Gasteiger partial charge in [0.2, 0.25) is 0 Å². The quantitative estimate of drug-likeness (QED) is 0.783. The maximum Gasteiger partial charge on any atom is 0.169 e. The lowest BCUT2D eigenvalue weighted by Crippen LogP contribution is -2.40. The second-order valence-electron chi connectivity index (χ2n) is 3.98. The highest BCUT2D eigenvalue weighted by Gasteiger charge is 2.06. The lowest BCUT2D eigenvalue weighted by molar-refractivity contribution is 0.480. The van der Waals surface area contributed by atoms with Gasteiger partial charge in [-0.3, -0.25) is 4.68 Å². The smallest absolute Gasteiger partial charge is 0.169 e. The summed E-state index contributed by atoms with van der Waals surface area (Å²) >= 11 is 5.25. The molecule has 15 heavy (non-hydrogen) atoms. The van der Waals surface area contributed by atoms with Gasteiger partial charge in [-0.15, -0.1) is 0 Å². The first-order valence-corrected chi connectivity index (χ1v) is 5.39. The van der Waals surface area contributed by atoms with E-state index in [1.54, 1.807) is 4.68 Å². The Kier molecular flexibility index (Phi) is 4.08. The van der Waals surface area contributed by atoms with E-state index in [1.807, 2.05) is 31.4 Å². The molecule has 0 spiro atoms. The maximum atomic E-state index is 5.25. The van der Waals surface area contributed by atoms with E-state index in [4.69, 9.17) is 12.2 Å². The molecule has 0 saturated heterocycles. The molecule has 0 radical (unpaired) electrons. The van der Waals surface area contributed by atoms with Crippen molar-refractivity contribution >= 4 is 17.3 Å². The highest BCUT2D eigenvalue weighted by atomic mass is 32.1. The van der Waals surface area contributed by atoms with Gasteiger partial charge in [0.25, 0.3) is 0 Å². The van der Waals surface area contributed by atoms with Crippen LogP contribution in [0.3, 0.4) is 0 Å². The normalized spacial score (nSPS) is 10.5. The van der Waals surface area contributed by atoms with Crippen LogP contribution in [-0.4, -0.2) is 32.9 Å². The van der Waals surface area contributed by atoms with Crippen LogP contribution in [0, 0.1) is 0 Å². The third kappa shape index (κ3) is 3.87. The summed E-state index contributed by atoms with van der Waals surface area (Å²) in [5, 5.41) is 8.09. The average molecular weight is 226 g/mol. The van der Waals surface area contributed by atoms with Gasteiger partial charge in [-0.1, -0.05) is 0 Å². The fourth-order valence-corrected chi connectivity index (χ4v) is 1.56. The van der Waals surface area contributed by atoms with Gasteiger partial charge in [-0.2, -0.15) is 5.10 Å². The first-order chi connectivity index (χ1) is 6.99. The molecule has 5 heteroatoms. The number of hydrogen-bond donors (Lipinski definition) is 1. The Labute approximate surface area is 96.3 Å². The van der Waals surface area contributed by atoms with Crippen LogP contribution in [0.4, 0.5) is 0 Å². The minimum absolute atomic E-state index is 0.369. The molecule has 0 fully saturated rings. The van der Waals surface area contributed by atoms with Crippen LogP contribution >= 0.6 is 12.2 Å². The van der Waals surface area contributed by atoms with Crippen molar-refractivity contribution in [2.45, 2.75) is 26.4 Å². The van der Waals surface area contributed by atoms with E-state index in [0.29, 0.717) is 6.04 Å². The largest absolute Gasteiger partial charge is 0.360 e. The topological polar surface area (TPSA) is 33.1 Å². The molecule has 1 rings (SSSR count). The third-order valence-electron chi connectivity index (χ3n) is 1.94. The van der Waals surface area contributed by atoms with Crippen LogP contribution in [0.1, 0.15) is 19.4 Å². The predicted octanol–water partition coefficient (Wildman–Crippen LogP) is 1.13. The minimum atomic E-state index is 0.369. The molecule has 1 N–H and O–H groups in total. The maximum absolute atomic E-state index is 5.25. The fraction of sp³-hybridized carbons (Fsp3) is 0.600. The van der Waals surface area contributed by atoms with Crippen molar-refractivity contribution in [2.75, 3.05) is 7.05 Å². The predicted molar refractivity (Wildman–Crippen MR) is 65.5 cm³/mol. The van der Waals surface area contributed by atoms with E-state index in [9.17, 15) is 0 Å². The van der Waals surface area contributed by atoms with Crippen molar-refractivity contribution in [3.05, 3.63) is 18.0 Å². The van der Waals surface area contributed by atoms with Gasteiger partial charge < -0.3 is 10.2 Å². The Morgan fingerprint density at radius 3 is 2.80 bits per heavy atom. The molecule has 0 bridgehead atoms. The number of aryl methyl sites for hydroxylation is 1. The molecule has 1 heterocycles. The SMILES string of the molecule is CC(C)NC(=S)N(C)Cc1cnn(C)c1. The van der Waals surface area contributed by atoms with Crippen molar-refractivity contribution in [3.8, 4) is 0 Å². The minimum Gasteiger partial charge on any atom is -0.360 e. The van der Waals surface area contributed by atoms with Crippen molar-refractivity contribution in [1.82, 2.24) is 20.0 Å². The number of thiocarbonyl (C=S) groups is 1. The Bertz CT molecular complexity index is 332. The van der Waals surface area contributed by atoms with Crippen molar-refractivity contribution in [1.29, 1.82) is 0 Å². The van der Waals surface area contributed by atoms with Gasteiger partial charge in [0.05, 0.1) is 6.20 Å². The molecule has 84 valence electrons. The number of hydrogen-bond acceptors (Lipinski definition) is 2. The summed E-state index contributed by atoms with van der Waals surface area (Å²) in [6.07, 6.45) is 3.85. The number of nitrogens with one attached hydrogen (secondary N) is 1. The van der Waals surface area contributed by atoms with E-state index in [0.717, 1.165) is 17.2 Å². The van der Waals surface area contributed by atoms with Crippen molar-refractivity contribution < 1.29 is 0 Å². The zero-order valence-corrected chi connectivity index (χ0v) is 10.5. The van der Waals surface area contributed by atoms with Gasteiger partial charge in [0.15, 0.2) is 5.11 Å². The molecule has 0 aliphatic rings. The molecule has 0 amide bonds. The Hall–Kier alpha value is -1.10. The molecule has 0 atom stereocenters. The Morgan fingerprint density at radius 1 is 1.67 bits per heavy atom. The molecule has 1 aromatic rings. The molecule has 0 aliphatic carbocycles. The first kappa shape index (κ1) is 12.0. The standard InChI is InChI=1S/C10H18N4S/c1-8(2)12-10(15)13(3)6-9-5-11-14(4)7-9/h5,7-8H,6H2,1-4H3,(H,12,15). The lowest BCUT2D eigenvalue weighted by atomic mass is 10.3. The fourth-order valence-electron chi connectivity index (χ4n) is 1.26. The molecular weight excluding hydrogens is 208 g/mol.